The summed E-state index contributed by atoms with van der Waals surface area (Å²) in [5, 5.41) is 0. The van der Waals surface area contributed by atoms with Crippen LogP contribution in [0.2, 0.25) is 19.6 Å². The molecule has 0 nitrogen and oxygen atoms in total. The predicted octanol–water partition coefficient (Wildman–Crippen LogP) is 1.70. The van der Waals surface area contributed by atoms with Gasteiger partial charge in [0.25, 0.3) is 0 Å². The molecule has 0 spiro atoms. The Labute approximate surface area is 37.0 Å². The Kier molecular flexibility index (Phi) is 1.58. The van der Waals surface area contributed by atoms with Crippen LogP contribution in [0.3, 0.4) is 0 Å². The molecule has 0 bridgehead atoms. The summed E-state index contributed by atoms with van der Waals surface area (Å²) in [6.45, 7) is 6.87. The van der Waals surface area contributed by atoms with Gasteiger partial charge in [0.2, 0.25) is 0 Å². The highest BCUT2D eigenvalue weighted by molar-refractivity contribution is 7.68. The van der Waals surface area contributed by atoms with Gasteiger partial charge in [0.15, 0.2) is 0 Å². The highest BCUT2D eigenvalue weighted by Crippen LogP contribution is 2.07. The summed E-state index contributed by atoms with van der Waals surface area (Å²) in [7, 11) is 2.16. The first kappa shape index (κ1) is 5.65. The smallest absolute Gasteiger partial charge is 0.0653 e. The highest BCUT2D eigenvalue weighted by Gasteiger charge is 1.99. The molecule has 0 aromatic carbocycles. The van der Waals surface area contributed by atoms with E-state index in [0.29, 0.717) is 0 Å². The molecule has 5 heavy (non-hydrogen) atoms. The van der Waals surface area contributed by atoms with Crippen LogP contribution in [-0.2, 0) is 0 Å². The van der Waals surface area contributed by atoms with Crippen LogP contribution in [0.25, 0.3) is 0 Å². The maximum atomic E-state index is 2.85. The maximum Gasteiger partial charge on any atom is 0.0653 e. The van der Waals surface area contributed by atoms with Crippen molar-refractivity contribution < 1.29 is 0 Å². The van der Waals surface area contributed by atoms with E-state index < -0.39 is 7.74 Å². The standard InChI is InChI=1S/C3H11PSi/c1-5(2,3)4/h4H2,1-3H3. The molecule has 2 heteroatoms. The zero-order chi connectivity index (χ0) is 4.50. The summed E-state index contributed by atoms with van der Waals surface area (Å²) < 4.78 is 0. The first-order valence-electron chi connectivity index (χ1n) is 1.79. The second-order valence-corrected chi connectivity index (χ2v) is 12.3. The molecule has 0 amide bonds. The topological polar surface area (TPSA) is 0 Å². The fourth-order valence-electron chi connectivity index (χ4n) is 0. The molecule has 0 saturated heterocycles. The zero-order valence-electron chi connectivity index (χ0n) is 4.08. The molecular formula is C3H11PSi. The Bertz CT molecular complexity index is 22.4. The van der Waals surface area contributed by atoms with Gasteiger partial charge in [0.1, 0.15) is 0 Å². The molecule has 0 saturated carbocycles. The van der Waals surface area contributed by atoms with E-state index in [9.17, 15) is 0 Å². The van der Waals surface area contributed by atoms with Gasteiger partial charge in [-0.15, -0.1) is 8.79 Å². The van der Waals surface area contributed by atoms with E-state index in [1.54, 1.807) is 0 Å². The molecule has 0 aromatic rings. The van der Waals surface area contributed by atoms with Crippen molar-refractivity contribution in [2.75, 3.05) is 0 Å². The second-order valence-electron chi connectivity index (χ2n) is 2.37. The largest absolute Gasteiger partial charge is 0.149 e. The number of hydrogen-bond donors (Lipinski definition) is 0. The second kappa shape index (κ2) is 1.40. The lowest BCUT2D eigenvalue weighted by Gasteiger charge is -2.01. The summed E-state index contributed by atoms with van der Waals surface area (Å²) in [6.07, 6.45) is 0. The van der Waals surface area contributed by atoms with Gasteiger partial charge >= 0.3 is 0 Å². The Morgan fingerprint density at radius 2 is 1.20 bits per heavy atom. The first-order valence-corrected chi connectivity index (χ1v) is 7.10. The van der Waals surface area contributed by atoms with Gasteiger partial charge in [-0.05, 0) is 0 Å². The summed E-state index contributed by atoms with van der Waals surface area (Å²) in [5.74, 6) is 0. The Balaban J connectivity index is 3.02. The molecule has 0 aliphatic rings. The third kappa shape index (κ3) is 77.8. The van der Waals surface area contributed by atoms with Crippen molar-refractivity contribution in [3.63, 3.8) is 0 Å². The zero-order valence-corrected chi connectivity index (χ0v) is 6.23. The normalized spacial score (nSPS) is 12.0. The van der Waals surface area contributed by atoms with Crippen LogP contribution >= 0.6 is 8.79 Å². The van der Waals surface area contributed by atoms with Crippen molar-refractivity contribution in [2.24, 2.45) is 0 Å². The molecule has 0 radical (unpaired) electrons. The van der Waals surface area contributed by atoms with Gasteiger partial charge in [-0.2, -0.15) is 0 Å². The number of rotatable bonds is 0. The summed E-state index contributed by atoms with van der Waals surface area (Å²) in [5.41, 5.74) is 0. The fraction of sp³-hybridized carbons (Fsp3) is 1.00. The lowest BCUT2D eigenvalue weighted by Crippen LogP contribution is -2.05. The van der Waals surface area contributed by atoms with E-state index in [1.807, 2.05) is 0 Å². The third-order valence-corrected chi connectivity index (χ3v) is 0. The van der Waals surface area contributed by atoms with Gasteiger partial charge < -0.3 is 0 Å². The molecule has 0 aromatic heterocycles. The van der Waals surface area contributed by atoms with E-state index in [0.717, 1.165) is 0 Å². The summed E-state index contributed by atoms with van der Waals surface area (Å²) in [4.78, 5) is 0. The average Bonchev–Trinajstić information content (AvgIpc) is 0.722. The van der Waals surface area contributed by atoms with Crippen LogP contribution in [-0.4, -0.2) is 7.74 Å². The number of hydrogen-bond acceptors (Lipinski definition) is 0. The van der Waals surface area contributed by atoms with Crippen molar-refractivity contribution in [2.45, 2.75) is 19.6 Å². The predicted molar refractivity (Wildman–Crippen MR) is 33.1 cm³/mol. The van der Waals surface area contributed by atoms with Crippen LogP contribution in [0, 0.1) is 0 Å². The van der Waals surface area contributed by atoms with Crippen LogP contribution in [0.1, 0.15) is 0 Å². The minimum atomic E-state index is -0.694. The van der Waals surface area contributed by atoms with Gasteiger partial charge in [-0.3, -0.25) is 0 Å². The van der Waals surface area contributed by atoms with Crippen molar-refractivity contribution in [1.29, 1.82) is 0 Å². The molecule has 1 unspecified atom stereocenters. The minimum Gasteiger partial charge on any atom is -0.149 e. The average molecular weight is 106 g/mol. The van der Waals surface area contributed by atoms with E-state index in [1.165, 1.54) is 0 Å². The van der Waals surface area contributed by atoms with Crippen molar-refractivity contribution in [1.82, 2.24) is 0 Å². The minimum absolute atomic E-state index is 0.694. The third-order valence-electron chi connectivity index (χ3n) is 0. The van der Waals surface area contributed by atoms with E-state index in [-0.39, 0.29) is 0 Å². The van der Waals surface area contributed by atoms with E-state index >= 15 is 0 Å². The van der Waals surface area contributed by atoms with Crippen molar-refractivity contribution in [3.05, 3.63) is 0 Å². The Morgan fingerprint density at radius 1 is 1.20 bits per heavy atom. The molecule has 0 heterocycles. The monoisotopic (exact) mass is 106 g/mol. The van der Waals surface area contributed by atoms with Gasteiger partial charge in [-0.25, -0.2) is 0 Å². The molecule has 1 atom stereocenters. The van der Waals surface area contributed by atoms with Crippen molar-refractivity contribution >= 4 is 16.5 Å². The highest BCUT2D eigenvalue weighted by atomic mass is 31.3. The Morgan fingerprint density at radius 3 is 1.20 bits per heavy atom. The van der Waals surface area contributed by atoms with Crippen LogP contribution < -0.4 is 0 Å². The molecule has 32 valence electrons. The first-order chi connectivity index (χ1) is 2.00. The van der Waals surface area contributed by atoms with Crippen LogP contribution in [0.15, 0.2) is 0 Å². The van der Waals surface area contributed by atoms with Crippen LogP contribution in [0.4, 0.5) is 0 Å². The van der Waals surface area contributed by atoms with E-state index in [2.05, 4.69) is 28.4 Å². The molecule has 0 rings (SSSR count). The molecular weight excluding hydrogens is 95.1 g/mol. The molecule has 0 fully saturated rings. The van der Waals surface area contributed by atoms with Crippen molar-refractivity contribution in [3.8, 4) is 0 Å². The SMILES string of the molecule is C[Si](C)(C)P. The van der Waals surface area contributed by atoms with E-state index in [4.69, 9.17) is 0 Å². The lowest BCUT2D eigenvalue weighted by atomic mass is 11.8. The van der Waals surface area contributed by atoms with Gasteiger partial charge in [-0.1, -0.05) is 19.6 Å². The fourth-order valence-corrected chi connectivity index (χ4v) is 0. The quantitative estimate of drug-likeness (QED) is 0.325. The summed E-state index contributed by atoms with van der Waals surface area (Å²) in [6, 6.07) is 0. The maximum absolute atomic E-state index is 2.85. The van der Waals surface area contributed by atoms with Gasteiger partial charge in [0, 0.05) is 0 Å². The van der Waals surface area contributed by atoms with Crippen LogP contribution in [0.5, 0.6) is 0 Å². The lowest BCUT2D eigenvalue weighted by molar-refractivity contribution is 1.88. The molecule has 0 N–H and O–H groups in total. The Hall–Kier alpha value is 0.647. The molecule has 0 aliphatic carbocycles. The van der Waals surface area contributed by atoms with Gasteiger partial charge in [0.05, 0.1) is 7.74 Å². The molecule has 0 aliphatic heterocycles. The summed E-state index contributed by atoms with van der Waals surface area (Å²) >= 11 is 0.